The summed E-state index contributed by atoms with van der Waals surface area (Å²) in [5.41, 5.74) is 0.206. The summed E-state index contributed by atoms with van der Waals surface area (Å²) >= 11 is 0. The van der Waals surface area contributed by atoms with Crippen LogP contribution < -0.4 is 5.32 Å². The average molecular weight is 247 g/mol. The number of hydrogen-bond acceptors (Lipinski definition) is 2. The van der Waals surface area contributed by atoms with Gasteiger partial charge in [-0.05, 0) is 31.0 Å². The van der Waals surface area contributed by atoms with Gasteiger partial charge in [0.25, 0.3) is 0 Å². The van der Waals surface area contributed by atoms with Crippen molar-refractivity contribution in [3.63, 3.8) is 0 Å². The van der Waals surface area contributed by atoms with Crippen molar-refractivity contribution < 1.29 is 17.9 Å². The van der Waals surface area contributed by atoms with Crippen LogP contribution in [-0.2, 0) is 11.2 Å². The molecule has 0 aliphatic rings. The van der Waals surface area contributed by atoms with Gasteiger partial charge in [-0.25, -0.2) is 13.2 Å². The molecule has 1 aromatic rings. The topological polar surface area (TPSA) is 21.3 Å². The van der Waals surface area contributed by atoms with Crippen molar-refractivity contribution >= 4 is 0 Å². The minimum absolute atomic E-state index is 0.206. The number of halogens is 3. The van der Waals surface area contributed by atoms with Gasteiger partial charge in [-0.2, -0.15) is 0 Å². The SMILES string of the molecule is COCCNCCCc1ccc(F)c(F)c1F. The van der Waals surface area contributed by atoms with Crippen LogP contribution in [0.25, 0.3) is 0 Å². The van der Waals surface area contributed by atoms with E-state index in [9.17, 15) is 13.2 Å². The van der Waals surface area contributed by atoms with Gasteiger partial charge in [0.15, 0.2) is 17.5 Å². The number of ether oxygens (including phenoxy) is 1. The molecule has 1 N–H and O–H groups in total. The molecule has 0 radical (unpaired) electrons. The second kappa shape index (κ2) is 7.29. The zero-order valence-electron chi connectivity index (χ0n) is 9.73. The molecule has 2 nitrogen and oxygen atoms in total. The average Bonchev–Trinajstić information content (AvgIpc) is 2.33. The molecule has 0 saturated carbocycles. The summed E-state index contributed by atoms with van der Waals surface area (Å²) in [6.07, 6.45) is 1.04. The van der Waals surface area contributed by atoms with E-state index in [-0.39, 0.29) is 5.56 Å². The van der Waals surface area contributed by atoms with E-state index in [0.717, 1.165) is 12.6 Å². The lowest BCUT2D eigenvalue weighted by atomic mass is 10.1. The highest BCUT2D eigenvalue weighted by atomic mass is 19.2. The molecule has 0 aliphatic heterocycles. The van der Waals surface area contributed by atoms with Crippen LogP contribution in [-0.4, -0.2) is 26.8 Å². The van der Waals surface area contributed by atoms with E-state index in [4.69, 9.17) is 4.74 Å². The lowest BCUT2D eigenvalue weighted by Gasteiger charge is -2.06. The maximum Gasteiger partial charge on any atom is 0.194 e. The Hall–Kier alpha value is -1.07. The van der Waals surface area contributed by atoms with Crippen molar-refractivity contribution in [3.8, 4) is 0 Å². The van der Waals surface area contributed by atoms with E-state index in [0.29, 0.717) is 26.0 Å². The third-order valence-corrected chi connectivity index (χ3v) is 2.40. The highest BCUT2D eigenvalue weighted by Crippen LogP contribution is 2.16. The first kappa shape index (κ1) is 14.0. The smallest absolute Gasteiger partial charge is 0.194 e. The zero-order chi connectivity index (χ0) is 12.7. The summed E-state index contributed by atoms with van der Waals surface area (Å²) in [5, 5.41) is 3.09. The van der Waals surface area contributed by atoms with Crippen LogP contribution in [0.5, 0.6) is 0 Å². The molecule has 5 heteroatoms. The lowest BCUT2D eigenvalue weighted by molar-refractivity contribution is 0.199. The fourth-order valence-corrected chi connectivity index (χ4v) is 1.46. The van der Waals surface area contributed by atoms with Gasteiger partial charge >= 0.3 is 0 Å². The first-order chi connectivity index (χ1) is 8.16. The van der Waals surface area contributed by atoms with Gasteiger partial charge in [-0.1, -0.05) is 6.07 Å². The van der Waals surface area contributed by atoms with E-state index in [1.807, 2.05) is 0 Å². The van der Waals surface area contributed by atoms with E-state index >= 15 is 0 Å². The largest absolute Gasteiger partial charge is 0.383 e. The standard InChI is InChI=1S/C12H16F3NO/c1-17-8-7-16-6-2-3-9-4-5-10(13)12(15)11(9)14/h4-5,16H,2-3,6-8H2,1H3. The Bertz CT molecular complexity index is 358. The number of methoxy groups -OCH3 is 1. The van der Waals surface area contributed by atoms with Gasteiger partial charge < -0.3 is 10.1 Å². The quantitative estimate of drug-likeness (QED) is 0.589. The van der Waals surface area contributed by atoms with E-state index in [1.165, 1.54) is 6.07 Å². The molecule has 17 heavy (non-hydrogen) atoms. The van der Waals surface area contributed by atoms with Crippen molar-refractivity contribution in [1.82, 2.24) is 5.32 Å². The number of benzene rings is 1. The van der Waals surface area contributed by atoms with Crippen LogP contribution in [0.2, 0.25) is 0 Å². The highest BCUT2D eigenvalue weighted by Gasteiger charge is 2.12. The predicted molar refractivity (Wildman–Crippen MR) is 59.4 cm³/mol. The molecular weight excluding hydrogens is 231 g/mol. The second-order valence-electron chi connectivity index (χ2n) is 3.68. The third-order valence-electron chi connectivity index (χ3n) is 2.40. The van der Waals surface area contributed by atoms with E-state index < -0.39 is 17.5 Å². The number of hydrogen-bond donors (Lipinski definition) is 1. The fourth-order valence-electron chi connectivity index (χ4n) is 1.46. The van der Waals surface area contributed by atoms with Crippen LogP contribution in [0.15, 0.2) is 12.1 Å². The molecule has 0 bridgehead atoms. The normalized spacial score (nSPS) is 10.8. The van der Waals surface area contributed by atoms with Crippen molar-refractivity contribution in [3.05, 3.63) is 35.1 Å². The van der Waals surface area contributed by atoms with Crippen LogP contribution in [0.4, 0.5) is 13.2 Å². The molecular formula is C12H16F3NO. The van der Waals surface area contributed by atoms with Gasteiger partial charge in [0, 0.05) is 13.7 Å². The fraction of sp³-hybridized carbons (Fsp3) is 0.500. The second-order valence-corrected chi connectivity index (χ2v) is 3.68. The summed E-state index contributed by atoms with van der Waals surface area (Å²) in [7, 11) is 1.61. The van der Waals surface area contributed by atoms with Gasteiger partial charge in [0.1, 0.15) is 0 Å². The number of rotatable bonds is 7. The van der Waals surface area contributed by atoms with Crippen molar-refractivity contribution in [1.29, 1.82) is 0 Å². The van der Waals surface area contributed by atoms with Crippen LogP contribution in [0.3, 0.4) is 0 Å². The first-order valence-corrected chi connectivity index (χ1v) is 5.49. The van der Waals surface area contributed by atoms with Crippen molar-refractivity contribution in [2.45, 2.75) is 12.8 Å². The Balaban J connectivity index is 2.35. The van der Waals surface area contributed by atoms with Crippen LogP contribution >= 0.6 is 0 Å². The highest BCUT2D eigenvalue weighted by molar-refractivity contribution is 5.20. The molecule has 0 aromatic heterocycles. The number of nitrogens with one attached hydrogen (secondary N) is 1. The number of aryl methyl sites for hydroxylation is 1. The van der Waals surface area contributed by atoms with Gasteiger partial charge in [0.2, 0.25) is 0 Å². The molecule has 1 aromatic carbocycles. The summed E-state index contributed by atoms with van der Waals surface area (Å²) in [6, 6.07) is 2.23. The summed E-state index contributed by atoms with van der Waals surface area (Å²) in [4.78, 5) is 0. The summed E-state index contributed by atoms with van der Waals surface area (Å²) in [5.74, 6) is -3.62. The summed E-state index contributed by atoms with van der Waals surface area (Å²) < 4.78 is 43.6. The molecule has 0 aliphatic carbocycles. The van der Waals surface area contributed by atoms with Crippen molar-refractivity contribution in [2.24, 2.45) is 0 Å². The Morgan fingerprint density at radius 1 is 1.12 bits per heavy atom. The van der Waals surface area contributed by atoms with E-state index in [1.54, 1.807) is 7.11 Å². The van der Waals surface area contributed by atoms with Crippen LogP contribution in [0, 0.1) is 17.5 Å². The first-order valence-electron chi connectivity index (χ1n) is 5.49. The molecule has 0 unspecified atom stereocenters. The monoisotopic (exact) mass is 247 g/mol. The molecule has 0 amide bonds. The zero-order valence-corrected chi connectivity index (χ0v) is 9.73. The minimum Gasteiger partial charge on any atom is -0.383 e. The Labute approximate surface area is 98.8 Å². The predicted octanol–water partition coefficient (Wildman–Crippen LogP) is 2.27. The van der Waals surface area contributed by atoms with Gasteiger partial charge in [-0.3, -0.25) is 0 Å². The van der Waals surface area contributed by atoms with Crippen molar-refractivity contribution in [2.75, 3.05) is 26.8 Å². The molecule has 0 heterocycles. The van der Waals surface area contributed by atoms with Gasteiger partial charge in [0.05, 0.1) is 6.61 Å². The van der Waals surface area contributed by atoms with Crippen LogP contribution in [0.1, 0.15) is 12.0 Å². The molecule has 0 saturated heterocycles. The maximum absolute atomic E-state index is 13.2. The van der Waals surface area contributed by atoms with Gasteiger partial charge in [-0.15, -0.1) is 0 Å². The molecule has 0 atom stereocenters. The Kier molecular flexibility index (Phi) is 6.00. The Morgan fingerprint density at radius 2 is 1.88 bits per heavy atom. The molecule has 0 spiro atoms. The van der Waals surface area contributed by atoms with E-state index in [2.05, 4.69) is 5.32 Å². The third kappa shape index (κ3) is 4.36. The molecule has 96 valence electrons. The molecule has 0 fully saturated rings. The molecule has 1 rings (SSSR count). The lowest BCUT2D eigenvalue weighted by Crippen LogP contribution is -2.20. The minimum atomic E-state index is -1.39. The maximum atomic E-state index is 13.2. The summed E-state index contributed by atoms with van der Waals surface area (Å²) in [6.45, 7) is 2.01. The Morgan fingerprint density at radius 3 is 2.59 bits per heavy atom.